The quantitative estimate of drug-likeness (QED) is 0.427. The van der Waals surface area contributed by atoms with E-state index < -0.39 is 10.0 Å². The number of benzene rings is 3. The van der Waals surface area contributed by atoms with E-state index in [2.05, 4.69) is 22.3 Å². The van der Waals surface area contributed by atoms with Gasteiger partial charge in [0.1, 0.15) is 6.54 Å². The van der Waals surface area contributed by atoms with Crippen LogP contribution >= 0.6 is 0 Å². The molecule has 196 valence electrons. The summed E-state index contributed by atoms with van der Waals surface area (Å²) >= 11 is 0. The number of nitrogens with zero attached hydrogens (tertiary/aromatic N) is 2. The number of piperidine rings is 1. The summed E-state index contributed by atoms with van der Waals surface area (Å²) in [7, 11) is -3.94. The molecule has 3 aromatic carbocycles. The molecule has 0 radical (unpaired) electrons. The zero-order chi connectivity index (χ0) is 26.4. The van der Waals surface area contributed by atoms with Gasteiger partial charge in [-0.05, 0) is 81.6 Å². The van der Waals surface area contributed by atoms with Crippen molar-refractivity contribution in [2.45, 2.75) is 58.0 Å². The Morgan fingerprint density at radius 3 is 2.24 bits per heavy atom. The third kappa shape index (κ3) is 6.99. The molecule has 37 heavy (non-hydrogen) atoms. The maximum atomic E-state index is 13.7. The number of hydrogen-bond donors (Lipinski definition) is 1. The average molecular weight is 520 g/mol. The number of sulfonamides is 1. The van der Waals surface area contributed by atoms with Crippen molar-refractivity contribution in [2.24, 2.45) is 0 Å². The molecule has 1 N–H and O–H groups in total. The van der Waals surface area contributed by atoms with Crippen LogP contribution in [-0.2, 0) is 27.9 Å². The number of anilines is 1. The van der Waals surface area contributed by atoms with Gasteiger partial charge < -0.3 is 5.32 Å². The van der Waals surface area contributed by atoms with Gasteiger partial charge in [0.2, 0.25) is 5.91 Å². The van der Waals surface area contributed by atoms with Crippen LogP contribution in [-0.4, -0.2) is 38.9 Å². The van der Waals surface area contributed by atoms with E-state index in [0.29, 0.717) is 12.2 Å². The molecular formula is C30H37N3O3S. The number of carbonyl (C=O) groups excluding carboxylic acids is 1. The average Bonchev–Trinajstić information content (AvgIpc) is 2.87. The summed E-state index contributed by atoms with van der Waals surface area (Å²) in [4.78, 5) is 15.7. The normalized spacial score (nSPS) is 14.4. The number of hydrogen-bond acceptors (Lipinski definition) is 4. The van der Waals surface area contributed by atoms with Crippen molar-refractivity contribution >= 4 is 21.6 Å². The molecule has 0 atom stereocenters. The van der Waals surface area contributed by atoms with Crippen LogP contribution in [0.5, 0.6) is 0 Å². The molecule has 3 aromatic rings. The summed E-state index contributed by atoms with van der Waals surface area (Å²) in [6, 6.07) is 20.5. The van der Waals surface area contributed by atoms with Crippen LogP contribution in [0.4, 0.5) is 5.69 Å². The zero-order valence-corrected chi connectivity index (χ0v) is 22.9. The van der Waals surface area contributed by atoms with E-state index in [0.717, 1.165) is 41.9 Å². The Morgan fingerprint density at radius 2 is 1.54 bits per heavy atom. The van der Waals surface area contributed by atoms with Crippen molar-refractivity contribution < 1.29 is 13.2 Å². The molecule has 4 rings (SSSR count). The molecule has 0 unspecified atom stereocenters. The predicted molar refractivity (Wildman–Crippen MR) is 149 cm³/mol. The summed E-state index contributed by atoms with van der Waals surface area (Å²) < 4.78 is 28.5. The highest BCUT2D eigenvalue weighted by molar-refractivity contribution is 7.92. The first-order chi connectivity index (χ1) is 17.7. The van der Waals surface area contributed by atoms with E-state index >= 15 is 0 Å². The maximum Gasteiger partial charge on any atom is 0.264 e. The lowest BCUT2D eigenvalue weighted by molar-refractivity contribution is -0.119. The fraction of sp³-hybridized carbons (Fsp3) is 0.367. The van der Waals surface area contributed by atoms with E-state index in [1.165, 1.54) is 29.1 Å². The van der Waals surface area contributed by atoms with E-state index in [-0.39, 0.29) is 17.3 Å². The highest BCUT2D eigenvalue weighted by Gasteiger charge is 2.28. The van der Waals surface area contributed by atoms with Crippen LogP contribution in [0.3, 0.4) is 0 Å². The molecule has 7 heteroatoms. The van der Waals surface area contributed by atoms with Gasteiger partial charge in [-0.25, -0.2) is 8.42 Å². The Bertz CT molecular complexity index is 1330. The lowest BCUT2D eigenvalue weighted by Gasteiger charge is -2.26. The predicted octanol–water partition coefficient (Wildman–Crippen LogP) is 5.11. The van der Waals surface area contributed by atoms with Crippen molar-refractivity contribution in [3.63, 3.8) is 0 Å². The van der Waals surface area contributed by atoms with Gasteiger partial charge in [0, 0.05) is 13.1 Å². The minimum Gasteiger partial charge on any atom is -0.350 e. The third-order valence-corrected chi connectivity index (χ3v) is 8.63. The Hall–Kier alpha value is -3.16. The Kier molecular flexibility index (Phi) is 8.67. The topological polar surface area (TPSA) is 69.7 Å². The highest BCUT2D eigenvalue weighted by Crippen LogP contribution is 2.27. The summed E-state index contributed by atoms with van der Waals surface area (Å²) in [5.74, 6) is -0.350. The first kappa shape index (κ1) is 26.9. The zero-order valence-electron chi connectivity index (χ0n) is 22.0. The molecular weight excluding hydrogens is 482 g/mol. The number of amides is 1. The summed E-state index contributed by atoms with van der Waals surface area (Å²) in [6.45, 7) is 8.96. The molecule has 0 spiro atoms. The van der Waals surface area contributed by atoms with Crippen LogP contribution in [0, 0.1) is 20.8 Å². The second-order valence-corrected chi connectivity index (χ2v) is 11.9. The first-order valence-electron chi connectivity index (χ1n) is 13.0. The highest BCUT2D eigenvalue weighted by atomic mass is 32.2. The van der Waals surface area contributed by atoms with Crippen molar-refractivity contribution in [1.29, 1.82) is 0 Å². The molecule has 1 fully saturated rings. The number of likely N-dealkylation sites (tertiary alicyclic amines) is 1. The van der Waals surface area contributed by atoms with Crippen LogP contribution in [0.15, 0.2) is 71.6 Å². The minimum atomic E-state index is -3.94. The van der Waals surface area contributed by atoms with Crippen molar-refractivity contribution in [1.82, 2.24) is 10.2 Å². The molecule has 1 aliphatic heterocycles. The maximum absolute atomic E-state index is 13.7. The van der Waals surface area contributed by atoms with Gasteiger partial charge in [0.05, 0.1) is 10.6 Å². The second kappa shape index (κ2) is 11.9. The number of nitrogens with one attached hydrogen (secondary N) is 1. The van der Waals surface area contributed by atoms with Crippen LogP contribution in [0.25, 0.3) is 0 Å². The molecule has 0 aliphatic carbocycles. The van der Waals surface area contributed by atoms with Crippen molar-refractivity contribution in [3.05, 3.63) is 94.5 Å². The molecule has 6 nitrogen and oxygen atoms in total. The summed E-state index contributed by atoms with van der Waals surface area (Å²) in [6.07, 6.45) is 3.80. The van der Waals surface area contributed by atoms with E-state index in [4.69, 9.17) is 0 Å². The van der Waals surface area contributed by atoms with Crippen LogP contribution < -0.4 is 9.62 Å². The standard InChI is InChI=1S/C30H37N3O3S/c1-23-10-13-28(14-11-23)37(35,36)33(29-15-12-24(2)18-25(29)3)22-30(34)31-20-26-8-7-9-27(19-26)21-32-16-5-4-6-17-32/h7-15,18-19H,4-6,16-17,20-22H2,1-3H3,(H,31,34). The summed E-state index contributed by atoms with van der Waals surface area (Å²) in [5, 5.41) is 2.93. The Labute approximate surface area is 221 Å². The largest absolute Gasteiger partial charge is 0.350 e. The van der Waals surface area contributed by atoms with Gasteiger partial charge in [0.15, 0.2) is 0 Å². The fourth-order valence-electron chi connectivity index (χ4n) is 4.82. The van der Waals surface area contributed by atoms with Gasteiger partial charge in [-0.15, -0.1) is 0 Å². The van der Waals surface area contributed by atoms with Gasteiger partial charge in [-0.2, -0.15) is 0 Å². The second-order valence-electron chi connectivity index (χ2n) is 10.0. The SMILES string of the molecule is Cc1ccc(S(=O)(=O)N(CC(=O)NCc2cccc(CN3CCCCC3)c2)c2ccc(C)cc2C)cc1. The van der Waals surface area contributed by atoms with E-state index in [1.807, 2.05) is 45.0 Å². The van der Waals surface area contributed by atoms with Crippen LogP contribution in [0.2, 0.25) is 0 Å². The minimum absolute atomic E-state index is 0.163. The van der Waals surface area contributed by atoms with Gasteiger partial charge >= 0.3 is 0 Å². The van der Waals surface area contributed by atoms with Gasteiger partial charge in [-0.1, -0.05) is 66.1 Å². The summed E-state index contributed by atoms with van der Waals surface area (Å²) in [5.41, 5.74) is 5.54. The number of carbonyl (C=O) groups is 1. The van der Waals surface area contributed by atoms with E-state index in [9.17, 15) is 13.2 Å². The molecule has 0 saturated carbocycles. The molecule has 1 aliphatic rings. The van der Waals surface area contributed by atoms with Crippen LogP contribution in [0.1, 0.15) is 47.1 Å². The lowest BCUT2D eigenvalue weighted by atomic mass is 10.1. The van der Waals surface area contributed by atoms with E-state index in [1.54, 1.807) is 30.3 Å². The molecule has 0 aromatic heterocycles. The smallest absolute Gasteiger partial charge is 0.264 e. The molecule has 0 bridgehead atoms. The fourth-order valence-corrected chi connectivity index (χ4v) is 6.31. The van der Waals surface area contributed by atoms with Crippen molar-refractivity contribution in [3.8, 4) is 0 Å². The number of aryl methyl sites for hydroxylation is 3. The van der Waals surface area contributed by atoms with Gasteiger partial charge in [-0.3, -0.25) is 14.0 Å². The number of rotatable bonds is 9. The van der Waals surface area contributed by atoms with Crippen molar-refractivity contribution in [2.75, 3.05) is 23.9 Å². The third-order valence-electron chi connectivity index (χ3n) is 6.85. The molecule has 1 heterocycles. The monoisotopic (exact) mass is 519 g/mol. The molecule has 1 saturated heterocycles. The first-order valence-corrected chi connectivity index (χ1v) is 14.4. The Morgan fingerprint density at radius 1 is 0.865 bits per heavy atom. The van der Waals surface area contributed by atoms with Gasteiger partial charge in [0.25, 0.3) is 10.0 Å². The lowest BCUT2D eigenvalue weighted by Crippen LogP contribution is -2.41. The molecule has 1 amide bonds. The Balaban J connectivity index is 1.49.